The molecule has 0 radical (unpaired) electrons. The number of aryl methyl sites for hydroxylation is 3. The maximum absolute atomic E-state index is 10.9. The molecule has 1 aliphatic heterocycles. The van der Waals surface area contributed by atoms with Crippen LogP contribution in [0.25, 0.3) is 0 Å². The van der Waals surface area contributed by atoms with Crippen LogP contribution < -0.4 is 5.32 Å². The lowest BCUT2D eigenvalue weighted by atomic mass is 9.89. The highest BCUT2D eigenvalue weighted by molar-refractivity contribution is 5.83. The zero-order valence-electron chi connectivity index (χ0n) is 8.85. The van der Waals surface area contributed by atoms with Gasteiger partial charge in [0.05, 0.1) is 12.5 Å². The zero-order chi connectivity index (χ0) is 10.3. The van der Waals surface area contributed by atoms with E-state index in [4.69, 9.17) is 0 Å². The molecule has 0 aliphatic carbocycles. The number of rotatable bonds is 1. The van der Waals surface area contributed by atoms with E-state index in [1.807, 2.05) is 0 Å². The van der Waals surface area contributed by atoms with Crippen molar-refractivity contribution in [1.82, 2.24) is 5.32 Å². The quantitative estimate of drug-likeness (QED) is 0.674. The van der Waals surface area contributed by atoms with Crippen molar-refractivity contribution in [3.05, 3.63) is 34.4 Å². The highest BCUT2D eigenvalue weighted by Crippen LogP contribution is 2.30. The number of hydrogen-bond acceptors (Lipinski definition) is 1. The first kappa shape index (κ1) is 9.25. The van der Waals surface area contributed by atoms with Crippen LogP contribution in [0.15, 0.2) is 12.1 Å². The van der Waals surface area contributed by atoms with E-state index in [2.05, 4.69) is 38.2 Å². The Hall–Kier alpha value is -1.31. The molecule has 1 aliphatic rings. The molecular weight excluding hydrogens is 174 g/mol. The Bertz CT molecular complexity index is 364. The van der Waals surface area contributed by atoms with Gasteiger partial charge in [0.15, 0.2) is 0 Å². The molecule has 1 unspecified atom stereocenters. The van der Waals surface area contributed by atoms with Crippen molar-refractivity contribution in [2.75, 3.05) is 0 Å². The van der Waals surface area contributed by atoms with Crippen LogP contribution in [0.1, 0.15) is 34.7 Å². The van der Waals surface area contributed by atoms with Crippen LogP contribution in [-0.2, 0) is 4.79 Å². The minimum atomic E-state index is 0.161. The Morgan fingerprint density at radius 3 is 2.14 bits per heavy atom. The number of nitrogens with one attached hydrogen (secondary N) is 1. The second kappa shape index (κ2) is 3.12. The lowest BCUT2D eigenvalue weighted by Crippen LogP contribution is -2.42. The van der Waals surface area contributed by atoms with Crippen LogP contribution >= 0.6 is 0 Å². The number of benzene rings is 1. The fourth-order valence-electron chi connectivity index (χ4n) is 2.27. The molecule has 2 nitrogen and oxygen atoms in total. The molecule has 1 N–H and O–H groups in total. The molecule has 14 heavy (non-hydrogen) atoms. The van der Waals surface area contributed by atoms with Gasteiger partial charge in [-0.3, -0.25) is 4.79 Å². The second-order valence-electron chi connectivity index (χ2n) is 4.14. The molecule has 0 bridgehead atoms. The maximum atomic E-state index is 10.9. The van der Waals surface area contributed by atoms with Gasteiger partial charge < -0.3 is 5.32 Å². The van der Waals surface area contributed by atoms with Crippen LogP contribution in [0.2, 0.25) is 0 Å². The Morgan fingerprint density at radius 1 is 1.21 bits per heavy atom. The molecule has 1 atom stereocenters. The van der Waals surface area contributed by atoms with Crippen molar-refractivity contribution in [1.29, 1.82) is 0 Å². The Labute approximate surface area is 84.3 Å². The van der Waals surface area contributed by atoms with Gasteiger partial charge in [-0.25, -0.2) is 0 Å². The molecule has 2 heteroatoms. The highest BCUT2D eigenvalue weighted by Gasteiger charge is 2.28. The molecule has 1 heterocycles. The van der Waals surface area contributed by atoms with E-state index in [0.717, 1.165) is 0 Å². The second-order valence-corrected chi connectivity index (χ2v) is 4.14. The van der Waals surface area contributed by atoms with Gasteiger partial charge >= 0.3 is 0 Å². The first-order chi connectivity index (χ1) is 6.58. The third-order valence-electron chi connectivity index (χ3n) is 2.81. The molecule has 1 aromatic rings. The maximum Gasteiger partial charge on any atom is 0.222 e. The van der Waals surface area contributed by atoms with Crippen molar-refractivity contribution in [2.24, 2.45) is 0 Å². The van der Waals surface area contributed by atoms with E-state index < -0.39 is 0 Å². The van der Waals surface area contributed by atoms with Gasteiger partial charge in [-0.05, 0) is 37.5 Å². The first-order valence-electron chi connectivity index (χ1n) is 4.95. The standard InChI is InChI=1S/C12H15NO/c1-7-4-8(2)12(9(3)5-7)10-6-11(14)13-10/h4-5,10H,6H2,1-3H3,(H,13,14). The summed E-state index contributed by atoms with van der Waals surface area (Å²) in [5.74, 6) is 0.161. The minimum Gasteiger partial charge on any atom is -0.349 e. The van der Waals surface area contributed by atoms with Gasteiger partial charge in [0.2, 0.25) is 5.91 Å². The smallest absolute Gasteiger partial charge is 0.222 e. The Balaban J connectivity index is 2.38. The molecule has 1 amide bonds. The summed E-state index contributed by atoms with van der Waals surface area (Å²) in [6.45, 7) is 6.32. The topological polar surface area (TPSA) is 29.1 Å². The van der Waals surface area contributed by atoms with Crippen LogP contribution in [0.4, 0.5) is 0 Å². The molecule has 1 aromatic carbocycles. The van der Waals surface area contributed by atoms with Crippen molar-refractivity contribution < 1.29 is 4.79 Å². The van der Waals surface area contributed by atoms with Gasteiger partial charge in [0, 0.05) is 0 Å². The van der Waals surface area contributed by atoms with Gasteiger partial charge in [-0.15, -0.1) is 0 Å². The molecule has 1 saturated heterocycles. The molecule has 1 fully saturated rings. The monoisotopic (exact) mass is 189 g/mol. The number of β-lactam (4-membered cyclic amide) rings is 1. The first-order valence-corrected chi connectivity index (χ1v) is 4.95. The van der Waals surface area contributed by atoms with Gasteiger partial charge in [-0.2, -0.15) is 0 Å². The summed E-state index contributed by atoms with van der Waals surface area (Å²) in [5, 5.41) is 2.92. The largest absolute Gasteiger partial charge is 0.349 e. The summed E-state index contributed by atoms with van der Waals surface area (Å²) in [6, 6.07) is 4.60. The lowest BCUT2D eigenvalue weighted by Gasteiger charge is -2.30. The van der Waals surface area contributed by atoms with Gasteiger partial charge in [0.25, 0.3) is 0 Å². The van der Waals surface area contributed by atoms with E-state index in [9.17, 15) is 4.79 Å². The third-order valence-corrected chi connectivity index (χ3v) is 2.81. The van der Waals surface area contributed by atoms with Crippen molar-refractivity contribution in [3.8, 4) is 0 Å². The summed E-state index contributed by atoms with van der Waals surface area (Å²) in [7, 11) is 0. The van der Waals surface area contributed by atoms with Crippen molar-refractivity contribution in [3.63, 3.8) is 0 Å². The molecule has 0 saturated carbocycles. The normalized spacial score (nSPS) is 20.2. The summed E-state index contributed by atoms with van der Waals surface area (Å²) in [6.07, 6.45) is 0.644. The zero-order valence-corrected chi connectivity index (χ0v) is 8.85. The van der Waals surface area contributed by atoms with Crippen LogP contribution in [0.5, 0.6) is 0 Å². The van der Waals surface area contributed by atoms with Crippen molar-refractivity contribution >= 4 is 5.91 Å². The van der Waals surface area contributed by atoms with E-state index in [1.54, 1.807) is 0 Å². The number of amides is 1. The highest BCUT2D eigenvalue weighted by atomic mass is 16.2. The summed E-state index contributed by atoms with van der Waals surface area (Å²) in [4.78, 5) is 10.9. The Morgan fingerprint density at radius 2 is 1.71 bits per heavy atom. The van der Waals surface area contributed by atoms with Crippen LogP contribution in [0, 0.1) is 20.8 Å². The van der Waals surface area contributed by atoms with Crippen LogP contribution in [0.3, 0.4) is 0 Å². The van der Waals surface area contributed by atoms with E-state index in [1.165, 1.54) is 22.3 Å². The summed E-state index contributed by atoms with van der Waals surface area (Å²) in [5.41, 5.74) is 5.16. The summed E-state index contributed by atoms with van der Waals surface area (Å²) >= 11 is 0. The fourth-order valence-corrected chi connectivity index (χ4v) is 2.27. The molecule has 0 spiro atoms. The Kier molecular flexibility index (Phi) is 2.06. The predicted molar refractivity (Wildman–Crippen MR) is 56.2 cm³/mol. The van der Waals surface area contributed by atoms with Crippen LogP contribution in [-0.4, -0.2) is 5.91 Å². The molecule has 0 aromatic heterocycles. The van der Waals surface area contributed by atoms with E-state index in [0.29, 0.717) is 6.42 Å². The average Bonchev–Trinajstić information content (AvgIpc) is 1.99. The van der Waals surface area contributed by atoms with E-state index in [-0.39, 0.29) is 11.9 Å². The number of carbonyl (C=O) groups is 1. The average molecular weight is 189 g/mol. The van der Waals surface area contributed by atoms with Gasteiger partial charge in [0.1, 0.15) is 0 Å². The van der Waals surface area contributed by atoms with Gasteiger partial charge in [-0.1, -0.05) is 17.7 Å². The number of carbonyl (C=O) groups excluding carboxylic acids is 1. The van der Waals surface area contributed by atoms with E-state index >= 15 is 0 Å². The fraction of sp³-hybridized carbons (Fsp3) is 0.417. The number of hydrogen-bond donors (Lipinski definition) is 1. The third kappa shape index (κ3) is 1.41. The SMILES string of the molecule is Cc1cc(C)c(C2CC(=O)N2)c(C)c1. The molecule has 2 rings (SSSR count). The predicted octanol–water partition coefficient (Wildman–Crippen LogP) is 2.17. The summed E-state index contributed by atoms with van der Waals surface area (Å²) < 4.78 is 0. The minimum absolute atomic E-state index is 0.161. The molecule has 74 valence electrons. The molecular formula is C12H15NO. The van der Waals surface area contributed by atoms with Crippen molar-refractivity contribution in [2.45, 2.75) is 33.2 Å². The lowest BCUT2D eigenvalue weighted by molar-refractivity contribution is -0.128.